The second-order valence-corrected chi connectivity index (χ2v) is 7.89. The molecule has 4 aromatic rings. The van der Waals surface area contributed by atoms with Gasteiger partial charge in [0.25, 0.3) is 10.0 Å². The van der Waals surface area contributed by atoms with Gasteiger partial charge in [0.2, 0.25) is 0 Å². The van der Waals surface area contributed by atoms with Crippen molar-refractivity contribution in [3.05, 3.63) is 96.7 Å². The van der Waals surface area contributed by atoms with Gasteiger partial charge in [0.15, 0.2) is 0 Å². The summed E-state index contributed by atoms with van der Waals surface area (Å²) >= 11 is 0. The molecule has 0 amide bonds. The lowest BCUT2D eigenvalue weighted by Crippen LogP contribution is -2.13. The van der Waals surface area contributed by atoms with Crippen molar-refractivity contribution in [2.24, 2.45) is 0 Å². The van der Waals surface area contributed by atoms with Crippen LogP contribution in [0, 0.1) is 0 Å². The number of hydrogen-bond donors (Lipinski definition) is 1. The fourth-order valence-electron chi connectivity index (χ4n) is 2.89. The van der Waals surface area contributed by atoms with Crippen LogP contribution in [0.5, 0.6) is 5.75 Å². The smallest absolute Gasteiger partial charge is 0.261 e. The molecule has 0 bridgehead atoms. The van der Waals surface area contributed by atoms with Crippen LogP contribution in [0.15, 0.2) is 96.0 Å². The Balaban J connectivity index is 1.66. The molecule has 0 aliphatic heterocycles. The molecule has 140 valence electrons. The molecule has 28 heavy (non-hydrogen) atoms. The van der Waals surface area contributed by atoms with Gasteiger partial charge in [-0.05, 0) is 42.0 Å². The van der Waals surface area contributed by atoms with Gasteiger partial charge in [-0.15, -0.1) is 0 Å². The highest BCUT2D eigenvalue weighted by Gasteiger charge is 2.17. The summed E-state index contributed by atoms with van der Waals surface area (Å²) in [5.74, 6) is 0.648. The number of ether oxygens (including phenoxy) is 1. The highest BCUT2D eigenvalue weighted by Crippen LogP contribution is 2.31. The maximum Gasteiger partial charge on any atom is 0.261 e. The standard InChI is InChI=1S/C22H18N2O3S/c25-28(26,18-10-5-2-6-11-18)24-20-13-14-21(19-12-7-15-23-22(19)20)27-16-17-8-3-1-4-9-17/h1-15,24H,16H2. The average molecular weight is 390 g/mol. The first-order chi connectivity index (χ1) is 13.6. The van der Waals surface area contributed by atoms with Gasteiger partial charge in [0.05, 0.1) is 16.1 Å². The van der Waals surface area contributed by atoms with E-state index in [4.69, 9.17) is 4.74 Å². The Morgan fingerprint density at radius 2 is 1.54 bits per heavy atom. The van der Waals surface area contributed by atoms with Crippen LogP contribution in [-0.2, 0) is 16.6 Å². The van der Waals surface area contributed by atoms with E-state index in [1.165, 1.54) is 0 Å². The maximum absolute atomic E-state index is 12.7. The lowest BCUT2D eigenvalue weighted by atomic mass is 10.1. The summed E-state index contributed by atoms with van der Waals surface area (Å²) in [6, 6.07) is 25.2. The highest BCUT2D eigenvalue weighted by atomic mass is 32.2. The molecule has 0 atom stereocenters. The number of sulfonamides is 1. The molecule has 1 N–H and O–H groups in total. The predicted molar refractivity (Wildman–Crippen MR) is 110 cm³/mol. The molecule has 5 nitrogen and oxygen atoms in total. The van der Waals surface area contributed by atoms with Crippen molar-refractivity contribution in [1.29, 1.82) is 0 Å². The molecular weight excluding hydrogens is 372 g/mol. The molecule has 0 aliphatic rings. The second-order valence-electron chi connectivity index (χ2n) is 6.20. The number of anilines is 1. The van der Waals surface area contributed by atoms with Crippen LogP contribution in [0.25, 0.3) is 10.9 Å². The number of nitrogens with one attached hydrogen (secondary N) is 1. The molecule has 0 aliphatic carbocycles. The molecule has 0 saturated heterocycles. The molecule has 0 spiro atoms. The minimum absolute atomic E-state index is 0.198. The van der Waals surface area contributed by atoms with Crippen LogP contribution in [0.3, 0.4) is 0 Å². The first kappa shape index (κ1) is 18.0. The number of benzene rings is 3. The summed E-state index contributed by atoms with van der Waals surface area (Å²) in [7, 11) is -3.70. The molecule has 6 heteroatoms. The molecule has 0 fully saturated rings. The Morgan fingerprint density at radius 1 is 0.821 bits per heavy atom. The number of fused-ring (bicyclic) bond motifs is 1. The summed E-state index contributed by atoms with van der Waals surface area (Å²) in [5, 5.41) is 0.742. The molecule has 0 unspecified atom stereocenters. The second kappa shape index (κ2) is 7.70. The summed E-state index contributed by atoms with van der Waals surface area (Å²) in [6.07, 6.45) is 1.63. The number of rotatable bonds is 6. The van der Waals surface area contributed by atoms with Crippen LogP contribution >= 0.6 is 0 Å². The topological polar surface area (TPSA) is 68.3 Å². The fourth-order valence-corrected chi connectivity index (χ4v) is 3.98. The van der Waals surface area contributed by atoms with Gasteiger partial charge in [-0.25, -0.2) is 8.42 Å². The third-order valence-corrected chi connectivity index (χ3v) is 5.65. The van der Waals surface area contributed by atoms with E-state index in [1.807, 2.05) is 36.4 Å². The van der Waals surface area contributed by atoms with Gasteiger partial charge in [-0.1, -0.05) is 48.5 Å². The Labute approximate surface area is 163 Å². The minimum atomic E-state index is -3.70. The molecular formula is C22H18N2O3S. The van der Waals surface area contributed by atoms with Crippen molar-refractivity contribution in [3.63, 3.8) is 0 Å². The number of pyridine rings is 1. The normalized spacial score (nSPS) is 11.3. The molecule has 3 aromatic carbocycles. The molecule has 1 aromatic heterocycles. The largest absolute Gasteiger partial charge is 0.488 e. The maximum atomic E-state index is 12.7. The van der Waals surface area contributed by atoms with Gasteiger partial charge >= 0.3 is 0 Å². The zero-order valence-electron chi connectivity index (χ0n) is 14.9. The highest BCUT2D eigenvalue weighted by molar-refractivity contribution is 7.92. The predicted octanol–water partition coefficient (Wildman–Crippen LogP) is 4.61. The van der Waals surface area contributed by atoms with Crippen molar-refractivity contribution in [2.45, 2.75) is 11.5 Å². The van der Waals surface area contributed by atoms with Crippen LogP contribution < -0.4 is 9.46 Å². The van der Waals surface area contributed by atoms with E-state index >= 15 is 0 Å². The monoisotopic (exact) mass is 390 g/mol. The van der Waals surface area contributed by atoms with Crippen LogP contribution in [0.1, 0.15) is 5.56 Å². The molecule has 1 heterocycles. The van der Waals surface area contributed by atoms with E-state index in [0.717, 1.165) is 10.9 Å². The summed E-state index contributed by atoms with van der Waals surface area (Å²) in [5.41, 5.74) is 1.99. The van der Waals surface area contributed by atoms with E-state index in [0.29, 0.717) is 23.6 Å². The average Bonchev–Trinajstić information content (AvgIpc) is 2.74. The summed E-state index contributed by atoms with van der Waals surface area (Å²) < 4.78 is 33.9. The van der Waals surface area contributed by atoms with E-state index in [-0.39, 0.29) is 4.90 Å². The van der Waals surface area contributed by atoms with E-state index in [1.54, 1.807) is 54.7 Å². The Hall–Kier alpha value is -3.38. The van der Waals surface area contributed by atoms with Crippen molar-refractivity contribution in [2.75, 3.05) is 4.72 Å². The van der Waals surface area contributed by atoms with Crippen molar-refractivity contribution >= 4 is 26.6 Å². The van der Waals surface area contributed by atoms with Crippen molar-refractivity contribution in [3.8, 4) is 5.75 Å². The molecule has 0 saturated carbocycles. The first-order valence-electron chi connectivity index (χ1n) is 8.76. The third-order valence-electron chi connectivity index (χ3n) is 4.26. The lowest BCUT2D eigenvalue weighted by molar-refractivity contribution is 0.310. The van der Waals surface area contributed by atoms with Crippen LogP contribution in [0.2, 0.25) is 0 Å². The van der Waals surface area contributed by atoms with Gasteiger partial charge in [0, 0.05) is 11.6 Å². The first-order valence-corrected chi connectivity index (χ1v) is 10.2. The number of nitrogens with zero attached hydrogens (tertiary/aromatic N) is 1. The zero-order chi connectivity index (χ0) is 19.4. The van der Waals surface area contributed by atoms with Gasteiger partial charge in [-0.3, -0.25) is 9.71 Å². The molecule has 0 radical (unpaired) electrons. The summed E-state index contributed by atoms with van der Waals surface area (Å²) in [4.78, 5) is 4.57. The number of hydrogen-bond acceptors (Lipinski definition) is 4. The van der Waals surface area contributed by atoms with E-state index in [2.05, 4.69) is 9.71 Å². The van der Waals surface area contributed by atoms with E-state index in [9.17, 15) is 8.42 Å². The Kier molecular flexibility index (Phi) is 4.95. The van der Waals surface area contributed by atoms with Crippen molar-refractivity contribution in [1.82, 2.24) is 4.98 Å². The Morgan fingerprint density at radius 3 is 2.29 bits per heavy atom. The SMILES string of the molecule is O=S(=O)(Nc1ccc(OCc2ccccc2)c2cccnc12)c1ccccc1. The summed E-state index contributed by atoms with van der Waals surface area (Å²) in [6.45, 7) is 0.417. The number of aromatic nitrogens is 1. The molecule has 4 rings (SSSR count). The van der Waals surface area contributed by atoms with E-state index < -0.39 is 10.0 Å². The quantitative estimate of drug-likeness (QED) is 0.522. The third kappa shape index (κ3) is 3.82. The van der Waals surface area contributed by atoms with Crippen LogP contribution in [0.4, 0.5) is 5.69 Å². The zero-order valence-corrected chi connectivity index (χ0v) is 15.8. The lowest BCUT2D eigenvalue weighted by Gasteiger charge is -2.13. The van der Waals surface area contributed by atoms with Crippen LogP contribution in [-0.4, -0.2) is 13.4 Å². The minimum Gasteiger partial charge on any atom is -0.488 e. The van der Waals surface area contributed by atoms with Crippen molar-refractivity contribution < 1.29 is 13.2 Å². The van der Waals surface area contributed by atoms with Gasteiger partial charge < -0.3 is 4.74 Å². The Bertz CT molecular complexity index is 1190. The van der Waals surface area contributed by atoms with Gasteiger partial charge in [0.1, 0.15) is 12.4 Å². The fraction of sp³-hybridized carbons (Fsp3) is 0.0455. The van der Waals surface area contributed by atoms with Gasteiger partial charge in [-0.2, -0.15) is 0 Å².